The predicted octanol–water partition coefficient (Wildman–Crippen LogP) is 3.32. The van der Waals surface area contributed by atoms with Gasteiger partial charge in [0, 0.05) is 31.7 Å². The lowest BCUT2D eigenvalue weighted by molar-refractivity contribution is -0.115. The van der Waals surface area contributed by atoms with Crippen molar-refractivity contribution in [3.63, 3.8) is 0 Å². The molecule has 0 unspecified atom stereocenters. The number of amides is 1. The Kier molecular flexibility index (Phi) is 7.41. The lowest BCUT2D eigenvalue weighted by atomic mass is 10.2. The van der Waals surface area contributed by atoms with Gasteiger partial charge in [-0.25, -0.2) is 8.42 Å². The van der Waals surface area contributed by atoms with Gasteiger partial charge < -0.3 is 10.2 Å². The van der Waals surface area contributed by atoms with Crippen molar-refractivity contribution in [2.24, 2.45) is 0 Å². The maximum absolute atomic E-state index is 13.4. The van der Waals surface area contributed by atoms with Crippen LogP contribution in [0.15, 0.2) is 59.5 Å². The van der Waals surface area contributed by atoms with Gasteiger partial charge in [0.1, 0.15) is 0 Å². The summed E-state index contributed by atoms with van der Waals surface area (Å²) < 4.78 is 28.3. The van der Waals surface area contributed by atoms with Crippen molar-refractivity contribution in [1.82, 2.24) is 9.21 Å². The highest BCUT2D eigenvalue weighted by molar-refractivity contribution is 7.89. The number of hydrogen-bond acceptors (Lipinski definition) is 4. The van der Waals surface area contributed by atoms with Crippen molar-refractivity contribution < 1.29 is 13.2 Å². The van der Waals surface area contributed by atoms with E-state index in [2.05, 4.69) is 10.2 Å². The smallest absolute Gasteiger partial charge is 0.243 e. The van der Waals surface area contributed by atoms with Crippen LogP contribution in [0, 0.1) is 0 Å². The van der Waals surface area contributed by atoms with Crippen LogP contribution in [-0.4, -0.2) is 49.7 Å². The number of anilines is 1. The molecule has 0 aromatic heterocycles. The first-order chi connectivity index (χ1) is 14.0. The Morgan fingerprint density at radius 1 is 1.03 bits per heavy atom. The molecule has 0 spiro atoms. The second-order valence-electron chi connectivity index (χ2n) is 7.30. The van der Waals surface area contributed by atoms with Gasteiger partial charge in [-0.2, -0.15) is 4.31 Å². The molecule has 3 rings (SSSR count). The third-order valence-corrected chi connectivity index (χ3v) is 7.02. The van der Waals surface area contributed by atoms with Crippen LogP contribution in [-0.2, 0) is 21.4 Å². The number of carbonyl (C=O) groups is 1. The lowest BCUT2D eigenvalue weighted by Gasteiger charge is -2.25. The van der Waals surface area contributed by atoms with Crippen LogP contribution in [0.2, 0.25) is 0 Å². The molecule has 1 heterocycles. The zero-order valence-corrected chi connectivity index (χ0v) is 17.7. The first-order valence-electron chi connectivity index (χ1n) is 10.2. The number of carbonyl (C=O) groups excluding carboxylic acids is 1. The summed E-state index contributed by atoms with van der Waals surface area (Å²) in [4.78, 5) is 14.1. The zero-order valence-electron chi connectivity index (χ0n) is 16.9. The summed E-state index contributed by atoms with van der Waals surface area (Å²) >= 11 is 0. The largest absolute Gasteiger partial charge is 0.326 e. The molecule has 1 fully saturated rings. The Labute approximate surface area is 173 Å². The van der Waals surface area contributed by atoms with Gasteiger partial charge in [-0.05, 0) is 55.8 Å². The number of sulfonamides is 1. The van der Waals surface area contributed by atoms with Gasteiger partial charge in [-0.3, -0.25) is 4.79 Å². The minimum atomic E-state index is -3.65. The van der Waals surface area contributed by atoms with E-state index in [1.54, 1.807) is 35.5 Å². The highest BCUT2D eigenvalue weighted by atomic mass is 32.2. The molecule has 6 nitrogen and oxygen atoms in total. The molecule has 2 aromatic rings. The normalized spacial score (nSPS) is 15.0. The molecule has 0 bridgehead atoms. The molecule has 0 aliphatic carbocycles. The van der Waals surface area contributed by atoms with E-state index in [0.717, 1.165) is 25.2 Å². The van der Waals surface area contributed by atoms with Crippen LogP contribution in [0.5, 0.6) is 0 Å². The van der Waals surface area contributed by atoms with Gasteiger partial charge in [0.2, 0.25) is 15.9 Å². The van der Waals surface area contributed by atoms with E-state index in [0.29, 0.717) is 25.2 Å². The average molecular weight is 416 g/mol. The second-order valence-corrected chi connectivity index (χ2v) is 9.24. The number of rotatable bonds is 9. The van der Waals surface area contributed by atoms with Gasteiger partial charge in [0.15, 0.2) is 0 Å². The van der Waals surface area contributed by atoms with Crippen molar-refractivity contribution >= 4 is 21.6 Å². The molecule has 1 saturated heterocycles. The molecule has 0 radical (unpaired) electrons. The van der Waals surface area contributed by atoms with Gasteiger partial charge in [-0.1, -0.05) is 37.3 Å². The van der Waals surface area contributed by atoms with Gasteiger partial charge in [-0.15, -0.1) is 0 Å². The summed E-state index contributed by atoms with van der Waals surface area (Å²) in [6.07, 6.45) is 2.73. The fraction of sp³-hybridized carbons (Fsp3) is 0.409. The Hall–Kier alpha value is -2.22. The molecule has 0 atom stereocenters. The summed E-state index contributed by atoms with van der Waals surface area (Å²) in [6, 6.07) is 16.1. The monoisotopic (exact) mass is 415 g/mol. The first kappa shape index (κ1) is 21.5. The minimum Gasteiger partial charge on any atom is -0.326 e. The summed E-state index contributed by atoms with van der Waals surface area (Å²) in [5, 5.41) is 2.75. The molecule has 7 heteroatoms. The van der Waals surface area contributed by atoms with Crippen LogP contribution >= 0.6 is 0 Å². The standard InChI is InChI=1S/C22H29N3O3S/c1-2-22(26)23-20-10-12-21(13-11-20)29(27,28)25(17-16-24-14-6-7-15-24)18-19-8-4-3-5-9-19/h3-5,8-13H,2,6-7,14-18H2,1H3,(H,23,26). The molecular formula is C22H29N3O3S. The molecule has 2 aromatic carbocycles. The summed E-state index contributed by atoms with van der Waals surface area (Å²) in [7, 11) is -3.65. The minimum absolute atomic E-state index is 0.100. The van der Waals surface area contributed by atoms with Crippen LogP contribution in [0.25, 0.3) is 0 Å². The molecule has 156 valence electrons. The molecule has 1 N–H and O–H groups in total. The Bertz CT molecular complexity index is 893. The van der Waals surface area contributed by atoms with E-state index in [4.69, 9.17) is 0 Å². The van der Waals surface area contributed by atoms with Crippen LogP contribution < -0.4 is 5.32 Å². The summed E-state index contributed by atoms with van der Waals surface area (Å²) in [5.74, 6) is -0.100. The average Bonchev–Trinajstić information content (AvgIpc) is 3.25. The fourth-order valence-corrected chi connectivity index (χ4v) is 4.86. The molecule has 29 heavy (non-hydrogen) atoms. The van der Waals surface area contributed by atoms with Crippen molar-refractivity contribution in [2.75, 3.05) is 31.5 Å². The summed E-state index contributed by atoms with van der Waals surface area (Å²) in [5.41, 5.74) is 1.56. The van der Waals surface area contributed by atoms with Crippen LogP contribution in [0.4, 0.5) is 5.69 Å². The third-order valence-electron chi connectivity index (χ3n) is 5.16. The highest BCUT2D eigenvalue weighted by Crippen LogP contribution is 2.21. The fourth-order valence-electron chi connectivity index (χ4n) is 3.44. The van der Waals surface area contributed by atoms with Crippen molar-refractivity contribution in [2.45, 2.75) is 37.6 Å². The third kappa shape index (κ3) is 5.88. The van der Waals surface area contributed by atoms with Crippen molar-refractivity contribution in [3.05, 3.63) is 60.2 Å². The van der Waals surface area contributed by atoms with E-state index < -0.39 is 10.0 Å². The second kappa shape index (κ2) is 10.0. The number of hydrogen-bond donors (Lipinski definition) is 1. The van der Waals surface area contributed by atoms with E-state index >= 15 is 0 Å². The molecule has 1 aliphatic rings. The molecule has 1 aliphatic heterocycles. The predicted molar refractivity (Wildman–Crippen MR) is 115 cm³/mol. The first-order valence-corrected chi connectivity index (χ1v) is 11.6. The summed E-state index contributed by atoms with van der Waals surface area (Å²) in [6.45, 7) is 5.36. The highest BCUT2D eigenvalue weighted by Gasteiger charge is 2.25. The maximum atomic E-state index is 13.4. The number of nitrogens with zero attached hydrogens (tertiary/aromatic N) is 2. The lowest BCUT2D eigenvalue weighted by Crippen LogP contribution is -2.37. The van der Waals surface area contributed by atoms with E-state index in [9.17, 15) is 13.2 Å². The van der Waals surface area contributed by atoms with Gasteiger partial charge in [0.25, 0.3) is 0 Å². The van der Waals surface area contributed by atoms with Crippen LogP contribution in [0.1, 0.15) is 31.7 Å². The Morgan fingerprint density at radius 3 is 2.31 bits per heavy atom. The number of nitrogens with one attached hydrogen (secondary N) is 1. The van der Waals surface area contributed by atoms with E-state index in [-0.39, 0.29) is 10.8 Å². The Balaban J connectivity index is 1.78. The Morgan fingerprint density at radius 2 is 1.69 bits per heavy atom. The van der Waals surface area contributed by atoms with Gasteiger partial charge in [0.05, 0.1) is 4.90 Å². The number of benzene rings is 2. The van der Waals surface area contributed by atoms with Crippen molar-refractivity contribution in [1.29, 1.82) is 0 Å². The maximum Gasteiger partial charge on any atom is 0.243 e. The van der Waals surface area contributed by atoms with Gasteiger partial charge >= 0.3 is 0 Å². The topological polar surface area (TPSA) is 69.7 Å². The quantitative estimate of drug-likeness (QED) is 0.682. The molecule has 1 amide bonds. The number of likely N-dealkylation sites (tertiary alicyclic amines) is 1. The SMILES string of the molecule is CCC(=O)Nc1ccc(S(=O)(=O)N(CCN2CCCC2)Cc2ccccc2)cc1. The molecular weight excluding hydrogens is 386 g/mol. The zero-order chi connectivity index (χ0) is 20.7. The molecule has 0 saturated carbocycles. The van der Waals surface area contributed by atoms with Crippen molar-refractivity contribution in [3.8, 4) is 0 Å². The van der Waals surface area contributed by atoms with E-state index in [1.807, 2.05) is 30.3 Å². The van der Waals surface area contributed by atoms with Crippen LogP contribution in [0.3, 0.4) is 0 Å². The van der Waals surface area contributed by atoms with E-state index in [1.165, 1.54) is 12.8 Å².